The van der Waals surface area contributed by atoms with E-state index in [0.717, 1.165) is 5.56 Å². The summed E-state index contributed by atoms with van der Waals surface area (Å²) >= 11 is 0. The molecule has 0 radical (unpaired) electrons. The minimum atomic E-state index is -1.58. The summed E-state index contributed by atoms with van der Waals surface area (Å²) in [5, 5.41) is 18.2. The van der Waals surface area contributed by atoms with E-state index in [1.54, 1.807) is 42.5 Å². The number of aliphatic hydroxyl groups excluding tert-OH is 1. The van der Waals surface area contributed by atoms with Gasteiger partial charge in [0.1, 0.15) is 0 Å². The predicted molar refractivity (Wildman–Crippen MR) is 75.3 cm³/mol. The van der Waals surface area contributed by atoms with Crippen molar-refractivity contribution < 1.29 is 19.2 Å². The largest absolute Gasteiger partial charge is 0.478 e. The predicted octanol–water partition coefficient (Wildman–Crippen LogP) is 2.09. The summed E-state index contributed by atoms with van der Waals surface area (Å²) in [6.45, 7) is -0.0468. The molecule has 0 aliphatic heterocycles. The summed E-state index contributed by atoms with van der Waals surface area (Å²) in [6, 6.07) is 13.3. The second-order valence-corrected chi connectivity index (χ2v) is 5.57. The highest BCUT2D eigenvalue weighted by Gasteiger charge is 2.18. The van der Waals surface area contributed by atoms with Gasteiger partial charge in [0.25, 0.3) is 0 Å². The molecular weight excluding hydrogens is 276 g/mol. The van der Waals surface area contributed by atoms with E-state index in [4.69, 9.17) is 10.2 Å². The van der Waals surface area contributed by atoms with Gasteiger partial charge in [-0.15, -0.1) is 0 Å². The molecule has 0 unspecified atom stereocenters. The van der Waals surface area contributed by atoms with Gasteiger partial charge in [0, 0.05) is 11.5 Å². The van der Waals surface area contributed by atoms with Gasteiger partial charge >= 0.3 is 5.97 Å². The third kappa shape index (κ3) is 2.95. The molecule has 4 nitrogen and oxygen atoms in total. The molecule has 0 amide bonds. The average Bonchev–Trinajstić information content (AvgIpc) is 2.47. The molecule has 2 rings (SSSR count). The van der Waals surface area contributed by atoms with Crippen molar-refractivity contribution in [3.05, 3.63) is 59.7 Å². The molecule has 0 aliphatic rings. The Hall–Kier alpha value is -1.98. The molecular formula is C15H14O4S. The molecule has 1 atom stereocenters. The van der Waals surface area contributed by atoms with E-state index in [-0.39, 0.29) is 17.1 Å². The lowest BCUT2D eigenvalue weighted by atomic mass is 10.2. The Morgan fingerprint density at radius 3 is 2.25 bits per heavy atom. The maximum absolute atomic E-state index is 12.6. The van der Waals surface area contributed by atoms with Gasteiger partial charge in [-0.2, -0.15) is 0 Å². The highest BCUT2D eigenvalue weighted by molar-refractivity contribution is 7.85. The van der Waals surface area contributed by atoms with Crippen molar-refractivity contribution in [1.82, 2.24) is 0 Å². The number of aromatic carboxylic acids is 1. The van der Waals surface area contributed by atoms with Gasteiger partial charge < -0.3 is 10.2 Å². The minimum Gasteiger partial charge on any atom is -0.478 e. The summed E-state index contributed by atoms with van der Waals surface area (Å²) in [7, 11) is -1.58. The van der Waals surface area contributed by atoms with Gasteiger partial charge in [0.2, 0.25) is 0 Å². The van der Waals surface area contributed by atoms with Crippen LogP contribution in [-0.2, 0) is 17.2 Å². The Morgan fingerprint density at radius 2 is 1.60 bits per heavy atom. The van der Waals surface area contributed by atoms with Crippen LogP contribution in [0.5, 0.6) is 0 Å². The number of carbonyl (C=O) groups is 1. The van der Waals surface area contributed by atoms with E-state index in [2.05, 4.69) is 0 Å². The lowest BCUT2D eigenvalue weighted by Gasteiger charge is -2.10. The van der Waals surface area contributed by atoms with Gasteiger partial charge in [-0.05, 0) is 30.2 Å². The summed E-state index contributed by atoms with van der Waals surface area (Å²) < 4.78 is 12.6. The normalized spacial score (nSPS) is 12.1. The lowest BCUT2D eigenvalue weighted by molar-refractivity contribution is 0.0693. The average molecular weight is 290 g/mol. The Labute approximate surface area is 119 Å². The molecule has 2 aromatic rings. The van der Waals surface area contributed by atoms with E-state index in [1.807, 2.05) is 0 Å². The van der Waals surface area contributed by atoms with Crippen LogP contribution in [0.3, 0.4) is 0 Å². The number of aliphatic hydroxyl groups is 1. The zero-order valence-electron chi connectivity index (χ0n) is 10.7. The van der Waals surface area contributed by atoms with E-state index >= 15 is 0 Å². The Morgan fingerprint density at radius 1 is 1.00 bits per heavy atom. The Bertz CT molecular complexity index is 652. The van der Waals surface area contributed by atoms with Crippen molar-refractivity contribution in [2.75, 3.05) is 6.61 Å². The molecule has 5 heteroatoms. The van der Waals surface area contributed by atoms with Crippen LogP contribution >= 0.6 is 0 Å². The van der Waals surface area contributed by atoms with Crippen molar-refractivity contribution in [3.8, 4) is 0 Å². The summed E-state index contributed by atoms with van der Waals surface area (Å²) in [4.78, 5) is 12.0. The van der Waals surface area contributed by atoms with Crippen molar-refractivity contribution in [3.63, 3.8) is 0 Å². The molecule has 0 spiro atoms. The quantitative estimate of drug-likeness (QED) is 0.884. The van der Waals surface area contributed by atoms with Crippen LogP contribution in [0.2, 0.25) is 0 Å². The summed E-state index contributed by atoms with van der Waals surface area (Å²) in [6.07, 6.45) is 0.386. The van der Waals surface area contributed by atoms with Crippen LogP contribution in [0.15, 0.2) is 58.3 Å². The van der Waals surface area contributed by atoms with Gasteiger partial charge in [-0.1, -0.05) is 30.3 Å². The molecule has 2 aromatic carbocycles. The molecule has 2 N–H and O–H groups in total. The topological polar surface area (TPSA) is 74.6 Å². The fourth-order valence-electron chi connectivity index (χ4n) is 1.94. The molecule has 0 saturated carbocycles. The zero-order chi connectivity index (χ0) is 14.5. The SMILES string of the molecule is O=C(O)c1ccccc1[S@@](=O)c1ccccc1CCO. The fraction of sp³-hybridized carbons (Fsp3) is 0.133. The van der Waals surface area contributed by atoms with Gasteiger partial charge in [0.05, 0.1) is 21.3 Å². The second-order valence-electron chi connectivity index (χ2n) is 4.15. The number of hydrogen-bond acceptors (Lipinski definition) is 3. The number of benzene rings is 2. The first-order valence-corrected chi connectivity index (χ1v) is 7.23. The van der Waals surface area contributed by atoms with E-state index in [1.165, 1.54) is 6.07 Å². The molecule has 0 aliphatic carbocycles. The monoisotopic (exact) mass is 290 g/mol. The third-order valence-corrected chi connectivity index (χ3v) is 4.42. The fourth-order valence-corrected chi connectivity index (χ4v) is 3.34. The van der Waals surface area contributed by atoms with Crippen LogP contribution in [0.1, 0.15) is 15.9 Å². The van der Waals surface area contributed by atoms with Crippen molar-refractivity contribution >= 4 is 16.8 Å². The molecule has 0 bridgehead atoms. The zero-order valence-corrected chi connectivity index (χ0v) is 11.5. The highest BCUT2D eigenvalue weighted by atomic mass is 32.2. The second kappa shape index (κ2) is 6.45. The first-order chi connectivity index (χ1) is 9.65. The molecule has 0 heterocycles. The summed E-state index contributed by atoms with van der Waals surface area (Å²) in [5.74, 6) is -1.10. The van der Waals surface area contributed by atoms with Crippen molar-refractivity contribution in [2.45, 2.75) is 16.2 Å². The standard InChI is InChI=1S/C15H14O4S/c16-10-9-11-5-1-3-7-13(11)20(19)14-8-4-2-6-12(14)15(17)18/h1-8,16H,9-10H2,(H,17,18)/t20-/m0/s1. The number of carboxylic acid groups (broad SMARTS) is 1. The van der Waals surface area contributed by atoms with Gasteiger partial charge in [-0.3, -0.25) is 0 Å². The molecule has 20 heavy (non-hydrogen) atoms. The van der Waals surface area contributed by atoms with E-state index in [9.17, 15) is 9.00 Å². The maximum Gasteiger partial charge on any atom is 0.336 e. The third-order valence-electron chi connectivity index (χ3n) is 2.87. The first-order valence-electron chi connectivity index (χ1n) is 6.08. The van der Waals surface area contributed by atoms with Crippen LogP contribution in [0.4, 0.5) is 0 Å². The molecule has 104 valence electrons. The minimum absolute atomic E-state index is 0.0321. The molecule has 0 fully saturated rings. The van der Waals surface area contributed by atoms with Crippen molar-refractivity contribution in [2.24, 2.45) is 0 Å². The van der Waals surface area contributed by atoms with Gasteiger partial charge in [-0.25, -0.2) is 9.00 Å². The Kier molecular flexibility index (Phi) is 4.65. The van der Waals surface area contributed by atoms with E-state index < -0.39 is 16.8 Å². The number of hydrogen-bond donors (Lipinski definition) is 2. The van der Waals surface area contributed by atoms with Crippen molar-refractivity contribution in [1.29, 1.82) is 0 Å². The highest BCUT2D eigenvalue weighted by Crippen LogP contribution is 2.23. The molecule has 0 saturated heterocycles. The molecule has 0 aromatic heterocycles. The lowest BCUT2D eigenvalue weighted by Crippen LogP contribution is -2.06. The smallest absolute Gasteiger partial charge is 0.336 e. The van der Waals surface area contributed by atoms with Crippen LogP contribution in [0.25, 0.3) is 0 Å². The Balaban J connectivity index is 2.50. The first kappa shape index (κ1) is 14.4. The number of rotatable bonds is 5. The van der Waals surface area contributed by atoms with E-state index in [0.29, 0.717) is 11.3 Å². The summed E-state index contributed by atoms with van der Waals surface area (Å²) in [5.41, 5.74) is 0.790. The van der Waals surface area contributed by atoms with Crippen LogP contribution in [0, 0.1) is 0 Å². The van der Waals surface area contributed by atoms with Gasteiger partial charge in [0.15, 0.2) is 0 Å². The van der Waals surface area contributed by atoms with Crippen LogP contribution in [-0.4, -0.2) is 27.0 Å². The number of carboxylic acids is 1. The maximum atomic E-state index is 12.6. The van der Waals surface area contributed by atoms with Crippen LogP contribution < -0.4 is 0 Å².